The number of nitrogens with one attached hydrogen (secondary N) is 1. The summed E-state index contributed by atoms with van der Waals surface area (Å²) in [6.07, 6.45) is 0. The molecule has 174 valence electrons. The van der Waals surface area contributed by atoms with E-state index >= 15 is 0 Å². The largest absolute Gasteiger partial charge is 0.495 e. The van der Waals surface area contributed by atoms with Crippen LogP contribution in [0.25, 0.3) is 0 Å². The lowest BCUT2D eigenvalue weighted by Crippen LogP contribution is -2.27. The summed E-state index contributed by atoms with van der Waals surface area (Å²) in [4.78, 5) is 13.1. The Labute approximate surface area is 200 Å². The molecule has 0 saturated carbocycles. The topological polar surface area (TPSA) is 75.7 Å². The smallest absolute Gasteiger partial charge is 0.264 e. The SMILES string of the molecule is COc1ccc(C(C)(C)C)cc1NC(=O)c1cc(S(=O)(=O)N(C)c2ccccc2)ccc1Cl. The molecule has 3 aromatic carbocycles. The fourth-order valence-corrected chi connectivity index (χ4v) is 4.66. The average Bonchev–Trinajstić information content (AvgIpc) is 2.78. The van der Waals surface area contributed by atoms with Crippen LogP contribution in [0.2, 0.25) is 5.02 Å². The van der Waals surface area contributed by atoms with E-state index in [2.05, 4.69) is 26.1 Å². The van der Waals surface area contributed by atoms with Crippen LogP contribution in [0, 0.1) is 0 Å². The summed E-state index contributed by atoms with van der Waals surface area (Å²) in [5.41, 5.74) is 1.88. The van der Waals surface area contributed by atoms with Gasteiger partial charge in [-0.05, 0) is 53.4 Å². The molecule has 33 heavy (non-hydrogen) atoms. The van der Waals surface area contributed by atoms with Crippen molar-refractivity contribution in [1.29, 1.82) is 0 Å². The second kappa shape index (κ2) is 9.45. The maximum absolute atomic E-state index is 13.2. The van der Waals surface area contributed by atoms with Crippen LogP contribution in [-0.4, -0.2) is 28.5 Å². The molecule has 1 amide bonds. The Morgan fingerprint density at radius 1 is 1.00 bits per heavy atom. The minimum absolute atomic E-state index is 0.0428. The monoisotopic (exact) mass is 486 g/mol. The normalized spacial score (nSPS) is 11.7. The Hall–Kier alpha value is -3.03. The molecule has 6 nitrogen and oxygen atoms in total. The second-order valence-electron chi connectivity index (χ2n) is 8.57. The highest BCUT2D eigenvalue weighted by Gasteiger charge is 2.24. The van der Waals surface area contributed by atoms with Gasteiger partial charge < -0.3 is 10.1 Å². The number of ether oxygens (including phenoxy) is 1. The summed E-state index contributed by atoms with van der Waals surface area (Å²) in [5, 5.41) is 2.95. The molecule has 1 N–H and O–H groups in total. The molecule has 0 aliphatic carbocycles. The molecular formula is C25H27ClN2O4S. The number of hydrogen-bond donors (Lipinski definition) is 1. The van der Waals surface area contributed by atoms with Gasteiger partial charge in [-0.2, -0.15) is 0 Å². The average molecular weight is 487 g/mol. The van der Waals surface area contributed by atoms with Crippen LogP contribution in [0.3, 0.4) is 0 Å². The highest BCUT2D eigenvalue weighted by Crippen LogP contribution is 2.32. The molecule has 0 aliphatic rings. The molecule has 0 aromatic heterocycles. The van der Waals surface area contributed by atoms with Crippen LogP contribution < -0.4 is 14.4 Å². The highest BCUT2D eigenvalue weighted by molar-refractivity contribution is 7.92. The summed E-state index contributed by atoms with van der Waals surface area (Å²) in [6.45, 7) is 6.19. The Morgan fingerprint density at radius 3 is 2.27 bits per heavy atom. The van der Waals surface area contributed by atoms with E-state index in [1.54, 1.807) is 36.4 Å². The first-order valence-corrected chi connectivity index (χ1v) is 12.1. The van der Waals surface area contributed by atoms with E-state index in [1.807, 2.05) is 12.1 Å². The van der Waals surface area contributed by atoms with Gasteiger partial charge in [-0.1, -0.05) is 56.6 Å². The van der Waals surface area contributed by atoms with E-state index in [1.165, 1.54) is 32.4 Å². The third-order valence-electron chi connectivity index (χ3n) is 5.27. The molecule has 3 rings (SSSR count). The van der Waals surface area contributed by atoms with Crippen LogP contribution >= 0.6 is 11.6 Å². The number of sulfonamides is 1. The molecule has 0 radical (unpaired) electrons. The minimum atomic E-state index is -3.91. The highest BCUT2D eigenvalue weighted by atomic mass is 35.5. The van der Waals surface area contributed by atoms with Crippen LogP contribution in [0.5, 0.6) is 5.75 Å². The zero-order valence-corrected chi connectivity index (χ0v) is 20.8. The third-order valence-corrected chi connectivity index (χ3v) is 7.39. The number of para-hydroxylation sites is 1. The lowest BCUT2D eigenvalue weighted by atomic mass is 9.87. The van der Waals surface area contributed by atoms with Gasteiger partial charge in [0.05, 0.1) is 34.0 Å². The van der Waals surface area contributed by atoms with Crippen molar-refractivity contribution in [3.63, 3.8) is 0 Å². The number of nitrogens with zero attached hydrogens (tertiary/aromatic N) is 1. The van der Waals surface area contributed by atoms with E-state index in [4.69, 9.17) is 16.3 Å². The van der Waals surface area contributed by atoms with E-state index in [9.17, 15) is 13.2 Å². The Balaban J connectivity index is 1.97. The maximum atomic E-state index is 13.2. The zero-order valence-electron chi connectivity index (χ0n) is 19.2. The van der Waals surface area contributed by atoms with Gasteiger partial charge in [-0.3, -0.25) is 9.10 Å². The lowest BCUT2D eigenvalue weighted by Gasteiger charge is -2.22. The standard InChI is InChI=1S/C25H27ClN2O4S/c1-25(2,3)17-11-14-23(32-5)22(15-17)27-24(29)20-16-19(12-13-21(20)26)33(30,31)28(4)18-9-7-6-8-10-18/h6-16H,1-5H3,(H,27,29). The van der Waals surface area contributed by atoms with E-state index in [0.717, 1.165) is 9.87 Å². The van der Waals surface area contributed by atoms with Gasteiger partial charge in [0.2, 0.25) is 0 Å². The van der Waals surface area contributed by atoms with Crippen LogP contribution in [0.1, 0.15) is 36.7 Å². The molecule has 0 saturated heterocycles. The van der Waals surface area contributed by atoms with Gasteiger partial charge in [-0.25, -0.2) is 8.42 Å². The van der Waals surface area contributed by atoms with Gasteiger partial charge in [0.1, 0.15) is 5.75 Å². The lowest BCUT2D eigenvalue weighted by molar-refractivity contribution is 0.102. The number of anilines is 2. The van der Waals surface area contributed by atoms with Gasteiger partial charge in [0, 0.05) is 7.05 Å². The number of carbonyl (C=O) groups excluding carboxylic acids is 1. The van der Waals surface area contributed by atoms with E-state index in [0.29, 0.717) is 17.1 Å². The Bertz CT molecular complexity index is 1270. The number of halogens is 1. The van der Waals surface area contributed by atoms with Gasteiger partial charge >= 0.3 is 0 Å². The first-order valence-electron chi connectivity index (χ1n) is 10.3. The van der Waals surface area contributed by atoms with Crippen molar-refractivity contribution in [2.24, 2.45) is 0 Å². The van der Waals surface area contributed by atoms with Gasteiger partial charge in [-0.15, -0.1) is 0 Å². The zero-order chi connectivity index (χ0) is 24.4. The molecule has 0 atom stereocenters. The van der Waals surface area contributed by atoms with Crippen molar-refractivity contribution in [3.8, 4) is 5.75 Å². The fourth-order valence-electron chi connectivity index (χ4n) is 3.24. The summed E-state index contributed by atoms with van der Waals surface area (Å²) in [6, 6.07) is 18.3. The Morgan fingerprint density at radius 2 is 1.67 bits per heavy atom. The second-order valence-corrected chi connectivity index (χ2v) is 10.9. The van der Waals surface area contributed by atoms with Gasteiger partial charge in [0.15, 0.2) is 0 Å². The third kappa shape index (κ3) is 5.31. The van der Waals surface area contributed by atoms with Crippen LogP contribution in [0.15, 0.2) is 71.6 Å². The van der Waals surface area contributed by atoms with E-state index in [-0.39, 0.29) is 20.9 Å². The van der Waals surface area contributed by atoms with E-state index < -0.39 is 15.9 Å². The molecule has 0 fully saturated rings. The molecule has 3 aromatic rings. The van der Waals surface area contributed by atoms with Crippen molar-refractivity contribution in [2.75, 3.05) is 23.8 Å². The number of methoxy groups -OCH3 is 1. The summed E-state index contributed by atoms with van der Waals surface area (Å²) < 4.78 is 32.9. The maximum Gasteiger partial charge on any atom is 0.264 e. The van der Waals surface area contributed by atoms with Crippen molar-refractivity contribution in [1.82, 2.24) is 0 Å². The number of amides is 1. The predicted octanol–water partition coefficient (Wildman–Crippen LogP) is 5.72. The Kier molecular flexibility index (Phi) is 7.05. The number of hydrogen-bond acceptors (Lipinski definition) is 4. The fraction of sp³-hybridized carbons (Fsp3) is 0.240. The van der Waals surface area contributed by atoms with Crippen molar-refractivity contribution in [3.05, 3.63) is 82.9 Å². The molecular weight excluding hydrogens is 460 g/mol. The molecule has 0 spiro atoms. The molecule has 0 aliphatic heterocycles. The van der Waals surface area contributed by atoms with Crippen molar-refractivity contribution in [2.45, 2.75) is 31.1 Å². The van der Waals surface area contributed by atoms with Gasteiger partial charge in [0.25, 0.3) is 15.9 Å². The van der Waals surface area contributed by atoms with Crippen molar-refractivity contribution >= 4 is 38.9 Å². The number of benzene rings is 3. The summed E-state index contributed by atoms with van der Waals surface area (Å²) in [5.74, 6) is -0.0520. The minimum Gasteiger partial charge on any atom is -0.495 e. The number of carbonyl (C=O) groups is 1. The molecule has 8 heteroatoms. The predicted molar refractivity (Wildman–Crippen MR) is 133 cm³/mol. The quantitative estimate of drug-likeness (QED) is 0.483. The first-order chi connectivity index (χ1) is 15.4. The van der Waals surface area contributed by atoms with Crippen LogP contribution in [-0.2, 0) is 15.4 Å². The number of rotatable bonds is 6. The van der Waals surface area contributed by atoms with Crippen LogP contribution in [0.4, 0.5) is 11.4 Å². The summed E-state index contributed by atoms with van der Waals surface area (Å²) >= 11 is 6.28. The first kappa shape index (κ1) is 24.6. The molecule has 0 heterocycles. The van der Waals surface area contributed by atoms with Crippen molar-refractivity contribution < 1.29 is 17.9 Å². The molecule has 0 bridgehead atoms. The molecule has 0 unspecified atom stereocenters. The summed E-state index contributed by atoms with van der Waals surface area (Å²) in [7, 11) is -0.931.